The van der Waals surface area contributed by atoms with Gasteiger partial charge in [0.1, 0.15) is 6.04 Å². The van der Waals surface area contributed by atoms with Gasteiger partial charge in [0.05, 0.1) is 5.92 Å². The van der Waals surface area contributed by atoms with E-state index in [-0.39, 0.29) is 17.9 Å². The summed E-state index contributed by atoms with van der Waals surface area (Å²) in [7, 11) is 0. The van der Waals surface area contributed by atoms with E-state index in [4.69, 9.17) is 0 Å². The van der Waals surface area contributed by atoms with Crippen LogP contribution in [0.4, 0.5) is 0 Å². The topological polar surface area (TPSA) is 69.6 Å². The van der Waals surface area contributed by atoms with Crippen LogP contribution in [0.1, 0.15) is 39.0 Å². The number of carboxylic acids is 1. The SMILES string of the molecule is CC1NCCC1C(=O)N1CCCCCC1C(=O)O. The van der Waals surface area contributed by atoms with E-state index in [9.17, 15) is 14.7 Å². The van der Waals surface area contributed by atoms with Crippen LogP contribution in [-0.2, 0) is 9.59 Å². The highest BCUT2D eigenvalue weighted by Crippen LogP contribution is 2.24. The molecule has 2 heterocycles. The normalized spacial score (nSPS) is 33.2. The van der Waals surface area contributed by atoms with Crippen LogP contribution in [0.2, 0.25) is 0 Å². The van der Waals surface area contributed by atoms with E-state index in [2.05, 4.69) is 5.32 Å². The average molecular weight is 254 g/mol. The summed E-state index contributed by atoms with van der Waals surface area (Å²) in [6.07, 6.45) is 4.26. The molecule has 2 aliphatic heterocycles. The fraction of sp³-hybridized carbons (Fsp3) is 0.846. The standard InChI is InChI=1S/C13H22N2O3/c1-9-10(6-7-14-9)12(16)15-8-4-2-3-5-11(15)13(17)18/h9-11,14H,2-8H2,1H3,(H,17,18). The zero-order valence-corrected chi connectivity index (χ0v) is 10.9. The van der Waals surface area contributed by atoms with Crippen molar-refractivity contribution < 1.29 is 14.7 Å². The van der Waals surface area contributed by atoms with E-state index < -0.39 is 12.0 Å². The summed E-state index contributed by atoms with van der Waals surface area (Å²) in [5.41, 5.74) is 0. The Kier molecular flexibility index (Phi) is 4.22. The Morgan fingerprint density at radius 1 is 1.22 bits per heavy atom. The Balaban J connectivity index is 2.11. The molecule has 1 amide bonds. The number of aliphatic carboxylic acids is 1. The second-order valence-corrected chi connectivity index (χ2v) is 5.37. The zero-order chi connectivity index (χ0) is 13.1. The molecule has 0 saturated carbocycles. The van der Waals surface area contributed by atoms with Gasteiger partial charge in [-0.15, -0.1) is 0 Å². The van der Waals surface area contributed by atoms with Crippen molar-refractivity contribution in [2.24, 2.45) is 5.92 Å². The Bertz CT molecular complexity index is 332. The summed E-state index contributed by atoms with van der Waals surface area (Å²) >= 11 is 0. The molecule has 3 atom stereocenters. The molecule has 0 radical (unpaired) electrons. The van der Waals surface area contributed by atoms with E-state index in [1.165, 1.54) is 0 Å². The van der Waals surface area contributed by atoms with Gasteiger partial charge >= 0.3 is 5.97 Å². The van der Waals surface area contributed by atoms with Gasteiger partial charge in [0.25, 0.3) is 0 Å². The molecule has 0 aliphatic carbocycles. The smallest absolute Gasteiger partial charge is 0.326 e. The van der Waals surface area contributed by atoms with E-state index in [0.717, 1.165) is 32.2 Å². The first-order valence-electron chi connectivity index (χ1n) is 6.88. The average Bonchev–Trinajstić information content (AvgIpc) is 2.63. The Morgan fingerprint density at radius 3 is 2.61 bits per heavy atom. The minimum Gasteiger partial charge on any atom is -0.480 e. The lowest BCUT2D eigenvalue weighted by Crippen LogP contribution is -2.48. The monoisotopic (exact) mass is 254 g/mol. The maximum atomic E-state index is 12.5. The maximum absolute atomic E-state index is 12.5. The van der Waals surface area contributed by atoms with Crippen LogP contribution in [-0.4, -0.2) is 47.1 Å². The fourth-order valence-electron chi connectivity index (χ4n) is 3.04. The maximum Gasteiger partial charge on any atom is 0.326 e. The molecule has 5 heteroatoms. The van der Waals surface area contributed by atoms with E-state index in [1.807, 2.05) is 6.92 Å². The van der Waals surface area contributed by atoms with Gasteiger partial charge in [0.2, 0.25) is 5.91 Å². The highest BCUT2D eigenvalue weighted by molar-refractivity contribution is 5.85. The van der Waals surface area contributed by atoms with Gasteiger partial charge < -0.3 is 15.3 Å². The van der Waals surface area contributed by atoms with Crippen LogP contribution in [0.5, 0.6) is 0 Å². The number of likely N-dealkylation sites (tertiary alicyclic amines) is 1. The highest BCUT2D eigenvalue weighted by Gasteiger charge is 2.38. The lowest BCUT2D eigenvalue weighted by atomic mass is 9.99. The van der Waals surface area contributed by atoms with Crippen molar-refractivity contribution in [3.8, 4) is 0 Å². The molecular formula is C13H22N2O3. The molecule has 0 aromatic rings. The third-order valence-electron chi connectivity index (χ3n) is 4.16. The molecule has 102 valence electrons. The van der Waals surface area contributed by atoms with Crippen molar-refractivity contribution in [1.82, 2.24) is 10.2 Å². The summed E-state index contributed by atoms with van der Waals surface area (Å²) < 4.78 is 0. The largest absolute Gasteiger partial charge is 0.480 e. The molecule has 2 aliphatic rings. The van der Waals surface area contributed by atoms with Gasteiger partial charge in [-0.25, -0.2) is 4.79 Å². The Hall–Kier alpha value is -1.10. The summed E-state index contributed by atoms with van der Waals surface area (Å²) in [5, 5.41) is 12.5. The molecule has 3 unspecified atom stereocenters. The third-order valence-corrected chi connectivity index (χ3v) is 4.16. The molecule has 2 saturated heterocycles. The lowest BCUT2D eigenvalue weighted by Gasteiger charge is -2.30. The molecule has 0 aromatic heterocycles. The highest BCUT2D eigenvalue weighted by atomic mass is 16.4. The molecule has 0 spiro atoms. The predicted molar refractivity (Wildman–Crippen MR) is 67.2 cm³/mol. The molecule has 2 N–H and O–H groups in total. The van der Waals surface area contributed by atoms with Crippen LogP contribution < -0.4 is 5.32 Å². The Labute approximate surface area is 108 Å². The van der Waals surface area contributed by atoms with Crippen LogP contribution in [0.3, 0.4) is 0 Å². The molecule has 18 heavy (non-hydrogen) atoms. The number of hydrogen-bond donors (Lipinski definition) is 2. The van der Waals surface area contributed by atoms with Crippen molar-refractivity contribution in [1.29, 1.82) is 0 Å². The number of carbonyl (C=O) groups excluding carboxylic acids is 1. The van der Waals surface area contributed by atoms with Crippen molar-refractivity contribution in [2.75, 3.05) is 13.1 Å². The Morgan fingerprint density at radius 2 is 2.00 bits per heavy atom. The van der Waals surface area contributed by atoms with Gasteiger partial charge in [-0.05, 0) is 32.7 Å². The minimum absolute atomic E-state index is 0.0294. The van der Waals surface area contributed by atoms with Gasteiger partial charge in [0, 0.05) is 12.6 Å². The second-order valence-electron chi connectivity index (χ2n) is 5.37. The van der Waals surface area contributed by atoms with Crippen LogP contribution in [0, 0.1) is 5.92 Å². The number of carbonyl (C=O) groups is 2. The number of carboxylic acid groups (broad SMARTS) is 1. The number of nitrogens with zero attached hydrogens (tertiary/aromatic N) is 1. The van der Waals surface area contributed by atoms with Crippen molar-refractivity contribution in [2.45, 2.75) is 51.1 Å². The first kappa shape index (κ1) is 13.3. The summed E-state index contributed by atoms with van der Waals surface area (Å²) in [6, 6.07) is -0.456. The first-order chi connectivity index (χ1) is 8.61. The molecule has 5 nitrogen and oxygen atoms in total. The lowest BCUT2D eigenvalue weighted by molar-refractivity contribution is -0.152. The summed E-state index contributed by atoms with van der Waals surface area (Å²) in [6.45, 7) is 3.45. The number of nitrogens with one attached hydrogen (secondary N) is 1. The third kappa shape index (κ3) is 2.66. The van der Waals surface area contributed by atoms with E-state index in [0.29, 0.717) is 13.0 Å². The van der Waals surface area contributed by atoms with E-state index >= 15 is 0 Å². The van der Waals surface area contributed by atoms with Crippen LogP contribution >= 0.6 is 0 Å². The fourth-order valence-corrected chi connectivity index (χ4v) is 3.04. The molecule has 0 aromatic carbocycles. The van der Waals surface area contributed by atoms with Gasteiger partial charge in [-0.1, -0.05) is 12.8 Å². The van der Waals surface area contributed by atoms with Gasteiger partial charge in [-0.3, -0.25) is 4.79 Å². The van der Waals surface area contributed by atoms with Gasteiger partial charge in [0.15, 0.2) is 0 Å². The van der Waals surface area contributed by atoms with Crippen molar-refractivity contribution >= 4 is 11.9 Å². The zero-order valence-electron chi connectivity index (χ0n) is 10.9. The summed E-state index contributed by atoms with van der Waals surface area (Å²) in [4.78, 5) is 25.4. The molecule has 0 bridgehead atoms. The van der Waals surface area contributed by atoms with Crippen molar-refractivity contribution in [3.63, 3.8) is 0 Å². The van der Waals surface area contributed by atoms with Gasteiger partial charge in [-0.2, -0.15) is 0 Å². The predicted octanol–water partition coefficient (Wildman–Crippen LogP) is 0.840. The molecule has 2 fully saturated rings. The van der Waals surface area contributed by atoms with Crippen LogP contribution in [0.25, 0.3) is 0 Å². The number of rotatable bonds is 2. The summed E-state index contributed by atoms with van der Waals surface area (Å²) in [5.74, 6) is -0.879. The number of amides is 1. The van der Waals surface area contributed by atoms with E-state index in [1.54, 1.807) is 4.90 Å². The quantitative estimate of drug-likeness (QED) is 0.766. The van der Waals surface area contributed by atoms with Crippen LogP contribution in [0.15, 0.2) is 0 Å². The number of hydrogen-bond acceptors (Lipinski definition) is 3. The second kappa shape index (κ2) is 5.69. The first-order valence-corrected chi connectivity index (χ1v) is 6.88. The van der Waals surface area contributed by atoms with Crippen molar-refractivity contribution in [3.05, 3.63) is 0 Å². The molecule has 2 rings (SSSR count). The molecular weight excluding hydrogens is 232 g/mol. The minimum atomic E-state index is -0.858.